The molecule has 0 heterocycles. The lowest BCUT2D eigenvalue weighted by Gasteiger charge is -2.45. The van der Waals surface area contributed by atoms with E-state index in [2.05, 4.69) is 0 Å². The Balaban J connectivity index is 1.01. The van der Waals surface area contributed by atoms with E-state index in [4.69, 9.17) is 57.7 Å². The molecule has 362 valence electrons. The molecule has 67 heavy (non-hydrogen) atoms. The van der Waals surface area contributed by atoms with E-state index in [1.807, 2.05) is 0 Å². The van der Waals surface area contributed by atoms with Gasteiger partial charge in [-0.05, 0) is 158 Å². The number of hydrogen-bond acceptors (Lipinski definition) is 18. The average molecular weight is 935 g/mol. The van der Waals surface area contributed by atoms with Crippen LogP contribution >= 0.6 is 0 Å². The first kappa shape index (κ1) is 49.7. The second kappa shape index (κ2) is 25.3. The average Bonchev–Trinajstić information content (AvgIpc) is 3.34. The molecule has 0 aliphatic heterocycles. The quantitative estimate of drug-likeness (QED) is 0.0600. The van der Waals surface area contributed by atoms with Gasteiger partial charge < -0.3 is 28.4 Å². The number of benzene rings is 3. The SMILES string of the molecule is CCOc1ccccc1C(=O)OOC(=O)OC1CCC(C(C2CCC(OC(=O)OOC(=O)c3ccccc3OCC)CC2)C2CCC(OC(=O)OOC(=O)c3ccccc3OCC)CC2)CC1. The summed E-state index contributed by atoms with van der Waals surface area (Å²) in [4.78, 5) is 104. The topological polar surface area (TPSA) is 213 Å². The second-order valence-corrected chi connectivity index (χ2v) is 16.4. The molecule has 0 N–H and O–H groups in total. The number of para-hydroxylation sites is 3. The highest BCUT2D eigenvalue weighted by Crippen LogP contribution is 2.48. The first-order valence-corrected chi connectivity index (χ1v) is 23.0. The van der Waals surface area contributed by atoms with Crippen molar-refractivity contribution < 1.29 is 86.5 Å². The van der Waals surface area contributed by atoms with E-state index in [0.29, 0.717) is 75.6 Å². The van der Waals surface area contributed by atoms with Crippen LogP contribution in [0.5, 0.6) is 17.2 Å². The van der Waals surface area contributed by atoms with E-state index >= 15 is 0 Å². The van der Waals surface area contributed by atoms with Crippen LogP contribution in [-0.4, -0.2) is 74.5 Å². The van der Waals surface area contributed by atoms with Crippen molar-refractivity contribution in [2.75, 3.05) is 19.8 Å². The molecule has 3 aromatic carbocycles. The van der Waals surface area contributed by atoms with E-state index in [9.17, 15) is 28.8 Å². The van der Waals surface area contributed by atoms with E-state index in [1.165, 1.54) is 18.2 Å². The largest absolute Gasteiger partial charge is 0.550 e. The van der Waals surface area contributed by atoms with Gasteiger partial charge in [0, 0.05) is 0 Å². The maximum Gasteiger partial charge on any atom is 0.550 e. The van der Waals surface area contributed by atoms with Gasteiger partial charge in [0.2, 0.25) is 0 Å². The van der Waals surface area contributed by atoms with Gasteiger partial charge >= 0.3 is 36.4 Å². The van der Waals surface area contributed by atoms with Gasteiger partial charge in [0.25, 0.3) is 0 Å². The zero-order chi connectivity index (χ0) is 47.5. The van der Waals surface area contributed by atoms with Gasteiger partial charge in [-0.3, -0.25) is 0 Å². The maximum absolute atomic E-state index is 12.6. The van der Waals surface area contributed by atoms with Gasteiger partial charge in [-0.25, -0.2) is 43.7 Å². The normalized spacial score (nSPS) is 21.7. The Morgan fingerprint density at radius 2 is 0.642 bits per heavy atom. The fourth-order valence-electron chi connectivity index (χ4n) is 9.50. The van der Waals surface area contributed by atoms with Crippen molar-refractivity contribution in [2.24, 2.45) is 23.7 Å². The molecule has 0 radical (unpaired) electrons. The number of ether oxygens (including phenoxy) is 6. The third kappa shape index (κ3) is 14.4. The maximum atomic E-state index is 12.6. The lowest BCUT2D eigenvalue weighted by atomic mass is 9.61. The molecule has 18 heteroatoms. The van der Waals surface area contributed by atoms with E-state index in [0.717, 1.165) is 38.5 Å². The minimum Gasteiger partial charge on any atom is -0.493 e. The van der Waals surface area contributed by atoms with Gasteiger partial charge in [0.1, 0.15) is 52.3 Å². The minimum absolute atomic E-state index is 0.104. The monoisotopic (exact) mass is 934 g/mol. The Morgan fingerprint density at radius 3 is 0.896 bits per heavy atom. The molecule has 6 rings (SSSR count). The summed E-state index contributed by atoms with van der Waals surface area (Å²) < 4.78 is 33.1. The molecule has 0 bridgehead atoms. The van der Waals surface area contributed by atoms with Crippen molar-refractivity contribution in [3.8, 4) is 17.2 Å². The highest BCUT2D eigenvalue weighted by atomic mass is 17.2. The number of carbonyl (C=O) groups is 6. The van der Waals surface area contributed by atoms with E-state index in [-0.39, 0.29) is 40.4 Å². The molecule has 18 nitrogen and oxygen atoms in total. The number of rotatable bonds is 15. The summed E-state index contributed by atoms with van der Waals surface area (Å²) >= 11 is 0. The summed E-state index contributed by atoms with van der Waals surface area (Å²) in [5, 5.41) is 0. The smallest absolute Gasteiger partial charge is 0.493 e. The van der Waals surface area contributed by atoms with Crippen LogP contribution in [0, 0.1) is 23.7 Å². The molecule has 0 spiro atoms. The fraction of sp³-hybridized carbons (Fsp3) is 0.510. The number of hydrogen-bond donors (Lipinski definition) is 0. The highest BCUT2D eigenvalue weighted by molar-refractivity contribution is 5.93. The third-order valence-corrected chi connectivity index (χ3v) is 12.4. The van der Waals surface area contributed by atoms with Crippen LogP contribution in [0.4, 0.5) is 14.4 Å². The summed E-state index contributed by atoms with van der Waals surface area (Å²) in [6, 6.07) is 19.3. The van der Waals surface area contributed by atoms with Gasteiger partial charge in [-0.15, -0.1) is 0 Å². The highest BCUT2D eigenvalue weighted by Gasteiger charge is 2.42. The van der Waals surface area contributed by atoms with Gasteiger partial charge in [-0.2, -0.15) is 14.4 Å². The van der Waals surface area contributed by atoms with Crippen molar-refractivity contribution in [3.05, 3.63) is 89.5 Å². The Hall–Kier alpha value is -6.72. The Labute approximate surface area is 388 Å². The Bertz CT molecular complexity index is 1880. The van der Waals surface area contributed by atoms with Crippen LogP contribution in [0.2, 0.25) is 0 Å². The zero-order valence-electron chi connectivity index (χ0n) is 37.9. The van der Waals surface area contributed by atoms with E-state index in [1.54, 1.807) is 75.4 Å². The minimum atomic E-state index is -1.12. The molecule has 3 saturated carbocycles. The molecule has 3 aliphatic carbocycles. The number of carbonyl (C=O) groups excluding carboxylic acids is 6. The molecule has 3 fully saturated rings. The standard InChI is InChI=1S/C49H58O18/c1-4-56-40-16-10-7-13-37(40)44(50)62-65-47(53)59-34-25-19-31(20-26-34)43(32-21-27-35(28-22-32)60-48(54)66-63-45(51)38-14-8-11-17-41(38)57-5-2)33-23-29-36(30-24-33)61-49(55)67-64-46(52)39-15-9-12-18-42(39)58-6-3/h7-18,31-36,43H,4-6,19-30H2,1-3H3. The second-order valence-electron chi connectivity index (χ2n) is 16.4. The summed E-state index contributed by atoms with van der Waals surface area (Å²) in [7, 11) is 0. The van der Waals surface area contributed by atoms with Crippen molar-refractivity contribution in [2.45, 2.75) is 116 Å². The van der Waals surface area contributed by atoms with Crippen LogP contribution in [0.25, 0.3) is 0 Å². The van der Waals surface area contributed by atoms with Gasteiger partial charge in [0.05, 0.1) is 19.8 Å². The molecule has 0 amide bonds. The Morgan fingerprint density at radius 1 is 0.388 bits per heavy atom. The first-order valence-electron chi connectivity index (χ1n) is 23.0. The third-order valence-electron chi connectivity index (χ3n) is 12.4. The molecule has 3 aromatic rings. The Kier molecular flexibility index (Phi) is 18.7. The van der Waals surface area contributed by atoms with Crippen molar-refractivity contribution in [1.82, 2.24) is 0 Å². The molecule has 3 aliphatic rings. The molecular weight excluding hydrogens is 877 g/mol. The van der Waals surface area contributed by atoms with Gasteiger partial charge in [-0.1, -0.05) is 36.4 Å². The summed E-state index contributed by atoms with van der Waals surface area (Å²) in [5.74, 6) is -0.756. The van der Waals surface area contributed by atoms with Crippen LogP contribution in [-0.2, 0) is 43.5 Å². The van der Waals surface area contributed by atoms with Crippen LogP contribution in [0.3, 0.4) is 0 Å². The predicted molar refractivity (Wildman–Crippen MR) is 233 cm³/mol. The lowest BCUT2D eigenvalue weighted by Crippen LogP contribution is -2.39. The lowest BCUT2D eigenvalue weighted by molar-refractivity contribution is -0.209. The summed E-state index contributed by atoms with van der Waals surface area (Å²) in [5.41, 5.74) is 0.311. The van der Waals surface area contributed by atoms with Gasteiger partial charge in [0.15, 0.2) is 0 Å². The van der Waals surface area contributed by atoms with E-state index < -0.39 is 54.7 Å². The first-order chi connectivity index (χ1) is 32.6. The summed E-state index contributed by atoms with van der Waals surface area (Å²) in [6.45, 7) is 6.32. The summed E-state index contributed by atoms with van der Waals surface area (Å²) in [6.07, 6.45) is 3.20. The fourth-order valence-corrected chi connectivity index (χ4v) is 9.50. The predicted octanol–water partition coefficient (Wildman–Crippen LogP) is 10.3. The van der Waals surface area contributed by atoms with Crippen LogP contribution in [0.15, 0.2) is 72.8 Å². The molecule has 0 aromatic heterocycles. The molecule has 0 atom stereocenters. The van der Waals surface area contributed by atoms with Crippen LogP contribution in [0.1, 0.15) is 129 Å². The van der Waals surface area contributed by atoms with Crippen molar-refractivity contribution >= 4 is 36.4 Å². The molecule has 0 saturated heterocycles. The zero-order valence-corrected chi connectivity index (χ0v) is 37.9. The molecular formula is C49H58O18. The van der Waals surface area contributed by atoms with Crippen LogP contribution < -0.4 is 14.2 Å². The van der Waals surface area contributed by atoms with Crippen molar-refractivity contribution in [3.63, 3.8) is 0 Å². The van der Waals surface area contributed by atoms with Crippen molar-refractivity contribution in [1.29, 1.82) is 0 Å². The molecule has 0 unspecified atom stereocenters.